The zero-order valence-electron chi connectivity index (χ0n) is 19.3. The van der Waals surface area contributed by atoms with Crippen molar-refractivity contribution < 1.29 is 19.4 Å². The van der Waals surface area contributed by atoms with Gasteiger partial charge in [0.2, 0.25) is 5.91 Å². The van der Waals surface area contributed by atoms with Gasteiger partial charge in [-0.1, -0.05) is 31.5 Å². The summed E-state index contributed by atoms with van der Waals surface area (Å²) < 4.78 is 7.84. The zero-order chi connectivity index (χ0) is 23.3. The third-order valence-corrected chi connectivity index (χ3v) is 5.88. The van der Waals surface area contributed by atoms with Gasteiger partial charge in [0.1, 0.15) is 5.75 Å². The zero-order valence-corrected chi connectivity index (χ0v) is 19.3. The average molecular weight is 437 g/mol. The Bertz CT molecular complexity index is 1100. The van der Waals surface area contributed by atoms with Crippen molar-refractivity contribution in [1.82, 2.24) is 9.47 Å². The molecule has 3 rings (SSSR count). The number of benzene rings is 2. The second-order valence-corrected chi connectivity index (χ2v) is 8.32. The summed E-state index contributed by atoms with van der Waals surface area (Å²) in [5.41, 5.74) is 3.52. The van der Waals surface area contributed by atoms with Crippen molar-refractivity contribution in [2.45, 2.75) is 45.1 Å². The van der Waals surface area contributed by atoms with E-state index >= 15 is 0 Å². The summed E-state index contributed by atoms with van der Waals surface area (Å²) >= 11 is 0. The average Bonchev–Trinajstić information content (AvgIpc) is 3.19. The normalized spacial score (nSPS) is 12.0. The van der Waals surface area contributed by atoms with Crippen LogP contribution in [0.15, 0.2) is 48.7 Å². The van der Waals surface area contributed by atoms with E-state index in [1.54, 1.807) is 38.2 Å². The summed E-state index contributed by atoms with van der Waals surface area (Å²) in [5, 5.41) is 10.5. The number of carboxylic acid groups (broad SMARTS) is 1. The Hall–Kier alpha value is -3.28. The number of methoxy groups -OCH3 is 1. The van der Waals surface area contributed by atoms with Gasteiger partial charge in [0, 0.05) is 37.8 Å². The third kappa shape index (κ3) is 5.13. The maximum absolute atomic E-state index is 11.9. The Morgan fingerprint density at radius 1 is 1.12 bits per heavy atom. The summed E-state index contributed by atoms with van der Waals surface area (Å²) in [7, 11) is 5.15. The molecule has 0 aliphatic rings. The molecule has 0 aliphatic heterocycles. The number of hydrogen-bond acceptors (Lipinski definition) is 3. The Morgan fingerprint density at radius 2 is 1.91 bits per heavy atom. The largest absolute Gasteiger partial charge is 0.496 e. The molecule has 32 heavy (non-hydrogen) atoms. The highest BCUT2D eigenvalue weighted by atomic mass is 16.5. The van der Waals surface area contributed by atoms with Crippen molar-refractivity contribution in [2.75, 3.05) is 21.2 Å². The SMILES string of the molecule is CCCC(c1ccc(C(=O)O)cc1OC)n1ccc2ccc(CCCC(=O)N(C)C)cc21. The van der Waals surface area contributed by atoms with E-state index < -0.39 is 5.97 Å². The molecular weight excluding hydrogens is 404 g/mol. The van der Waals surface area contributed by atoms with Gasteiger partial charge in [-0.25, -0.2) is 4.79 Å². The molecule has 6 heteroatoms. The second kappa shape index (κ2) is 10.4. The number of hydrogen-bond donors (Lipinski definition) is 1. The molecule has 0 radical (unpaired) electrons. The van der Waals surface area contributed by atoms with Crippen LogP contribution in [0.25, 0.3) is 10.9 Å². The lowest BCUT2D eigenvalue weighted by Crippen LogP contribution is -2.21. The van der Waals surface area contributed by atoms with Crippen LogP contribution in [0.4, 0.5) is 0 Å². The van der Waals surface area contributed by atoms with Crippen LogP contribution in [-0.2, 0) is 11.2 Å². The summed E-state index contributed by atoms with van der Waals surface area (Å²) in [6, 6.07) is 13.7. The van der Waals surface area contributed by atoms with Crippen molar-refractivity contribution in [2.24, 2.45) is 0 Å². The van der Waals surface area contributed by atoms with E-state index in [4.69, 9.17) is 4.74 Å². The summed E-state index contributed by atoms with van der Waals surface area (Å²) in [6.07, 6.45) is 6.16. The van der Waals surface area contributed by atoms with Gasteiger partial charge in [0.05, 0.1) is 18.7 Å². The van der Waals surface area contributed by atoms with E-state index in [1.807, 2.05) is 6.07 Å². The van der Waals surface area contributed by atoms with Gasteiger partial charge in [-0.2, -0.15) is 0 Å². The number of aromatic nitrogens is 1. The summed E-state index contributed by atoms with van der Waals surface area (Å²) in [5.74, 6) is -0.233. The number of ether oxygens (including phenoxy) is 1. The summed E-state index contributed by atoms with van der Waals surface area (Å²) in [4.78, 5) is 24.9. The number of fused-ring (bicyclic) bond motifs is 1. The number of carboxylic acids is 1. The van der Waals surface area contributed by atoms with Crippen LogP contribution in [0.3, 0.4) is 0 Å². The minimum absolute atomic E-state index is 0.0286. The van der Waals surface area contributed by atoms with E-state index in [1.165, 1.54) is 5.56 Å². The minimum Gasteiger partial charge on any atom is -0.496 e. The van der Waals surface area contributed by atoms with Crippen LogP contribution in [-0.4, -0.2) is 47.7 Å². The maximum Gasteiger partial charge on any atom is 0.335 e. The number of aryl methyl sites for hydroxylation is 1. The van der Waals surface area contributed by atoms with Gasteiger partial charge in [0.25, 0.3) is 0 Å². The quantitative estimate of drug-likeness (QED) is 0.477. The highest BCUT2D eigenvalue weighted by molar-refractivity contribution is 5.88. The molecule has 1 aromatic heterocycles. The van der Waals surface area contributed by atoms with Crippen molar-refractivity contribution >= 4 is 22.8 Å². The van der Waals surface area contributed by atoms with Crippen molar-refractivity contribution in [3.05, 3.63) is 65.4 Å². The molecule has 0 aliphatic carbocycles. The standard InChI is InChI=1S/C26H32N2O4/c1-5-7-22(21-13-12-20(26(30)31)17-24(21)32-4)28-15-14-19-11-10-18(16-23(19)28)8-6-9-25(29)27(2)3/h10-17,22H,5-9H2,1-4H3,(H,30,31). The molecule has 1 heterocycles. The van der Waals surface area contributed by atoms with Crippen LogP contribution < -0.4 is 4.74 Å². The number of nitrogens with zero attached hydrogens (tertiary/aromatic N) is 2. The van der Waals surface area contributed by atoms with Crippen LogP contribution in [0.2, 0.25) is 0 Å². The predicted molar refractivity (Wildman–Crippen MR) is 127 cm³/mol. The molecule has 0 saturated carbocycles. The Labute approximate surface area is 189 Å². The molecule has 1 amide bonds. The van der Waals surface area contributed by atoms with Crippen molar-refractivity contribution in [3.63, 3.8) is 0 Å². The van der Waals surface area contributed by atoms with Gasteiger partial charge < -0.3 is 19.3 Å². The topological polar surface area (TPSA) is 71.8 Å². The molecule has 6 nitrogen and oxygen atoms in total. The predicted octanol–water partition coefficient (Wildman–Crippen LogP) is 5.15. The number of amides is 1. The van der Waals surface area contributed by atoms with Gasteiger partial charge in [-0.15, -0.1) is 0 Å². The van der Waals surface area contributed by atoms with E-state index in [0.717, 1.165) is 42.1 Å². The third-order valence-electron chi connectivity index (χ3n) is 5.88. The molecule has 0 spiro atoms. The van der Waals surface area contributed by atoms with E-state index in [0.29, 0.717) is 12.2 Å². The van der Waals surface area contributed by atoms with Gasteiger partial charge in [0.15, 0.2) is 0 Å². The molecule has 3 aromatic rings. The number of carbonyl (C=O) groups excluding carboxylic acids is 1. The Balaban J connectivity index is 1.95. The van der Waals surface area contributed by atoms with Gasteiger partial charge >= 0.3 is 5.97 Å². The van der Waals surface area contributed by atoms with Crippen molar-refractivity contribution in [1.29, 1.82) is 0 Å². The van der Waals surface area contributed by atoms with Crippen molar-refractivity contribution in [3.8, 4) is 5.75 Å². The van der Waals surface area contributed by atoms with Crippen LogP contribution in [0, 0.1) is 0 Å². The van der Waals surface area contributed by atoms with Crippen LogP contribution in [0.5, 0.6) is 5.75 Å². The van der Waals surface area contributed by atoms with Gasteiger partial charge in [-0.05, 0) is 54.5 Å². The molecule has 170 valence electrons. The lowest BCUT2D eigenvalue weighted by atomic mass is 9.98. The minimum atomic E-state index is -0.967. The molecule has 0 saturated heterocycles. The molecule has 2 aromatic carbocycles. The lowest BCUT2D eigenvalue weighted by Gasteiger charge is -2.23. The highest BCUT2D eigenvalue weighted by Gasteiger charge is 2.20. The van der Waals surface area contributed by atoms with E-state index in [-0.39, 0.29) is 17.5 Å². The fourth-order valence-electron chi connectivity index (χ4n) is 4.13. The first kappa shape index (κ1) is 23.4. The first-order valence-corrected chi connectivity index (χ1v) is 11.1. The highest BCUT2D eigenvalue weighted by Crippen LogP contribution is 2.35. The molecule has 1 unspecified atom stereocenters. The summed E-state index contributed by atoms with van der Waals surface area (Å²) in [6.45, 7) is 2.14. The number of carbonyl (C=O) groups is 2. The maximum atomic E-state index is 11.9. The van der Waals surface area contributed by atoms with Crippen LogP contribution in [0.1, 0.15) is 60.1 Å². The van der Waals surface area contributed by atoms with Gasteiger partial charge in [-0.3, -0.25) is 4.79 Å². The first-order valence-electron chi connectivity index (χ1n) is 11.1. The van der Waals surface area contributed by atoms with Crippen LogP contribution >= 0.6 is 0 Å². The fourth-order valence-corrected chi connectivity index (χ4v) is 4.13. The monoisotopic (exact) mass is 436 g/mol. The second-order valence-electron chi connectivity index (χ2n) is 8.32. The van der Waals surface area contributed by atoms with E-state index in [2.05, 4.69) is 42.0 Å². The molecule has 1 N–H and O–H groups in total. The van der Waals surface area contributed by atoms with E-state index in [9.17, 15) is 14.7 Å². The number of rotatable bonds is 10. The molecule has 1 atom stereocenters. The first-order chi connectivity index (χ1) is 15.3. The smallest absolute Gasteiger partial charge is 0.335 e. The molecular formula is C26H32N2O4. The molecule has 0 bridgehead atoms. The fraction of sp³-hybridized carbons (Fsp3) is 0.385. The Morgan fingerprint density at radius 3 is 2.56 bits per heavy atom. The number of aromatic carboxylic acids is 1. The Kier molecular flexibility index (Phi) is 7.57. The lowest BCUT2D eigenvalue weighted by molar-refractivity contribution is -0.128. The molecule has 0 fully saturated rings.